The van der Waals surface area contributed by atoms with Crippen molar-refractivity contribution >= 4 is 11.5 Å². The number of nitrogens with two attached hydrogens (primary N) is 1. The Kier molecular flexibility index (Phi) is 3.59. The number of imidazole rings is 1. The lowest BCUT2D eigenvalue weighted by Gasteiger charge is -2.08. The normalized spacial score (nSPS) is 10.7. The van der Waals surface area contributed by atoms with Crippen LogP contribution in [0.25, 0.3) is 0 Å². The van der Waals surface area contributed by atoms with Gasteiger partial charge in [0.15, 0.2) is 17.5 Å². The highest BCUT2D eigenvalue weighted by Gasteiger charge is 2.19. The van der Waals surface area contributed by atoms with Gasteiger partial charge < -0.3 is 10.3 Å². The Hall–Kier alpha value is -2.24. The second-order valence-electron chi connectivity index (χ2n) is 4.13. The number of carbonyl (C=O) groups excluding carboxylic acids is 1. The number of nitrogens with zero attached hydrogens (tertiary/aromatic N) is 2. The fourth-order valence-electron chi connectivity index (χ4n) is 1.82. The van der Waals surface area contributed by atoms with Crippen molar-refractivity contribution in [2.45, 2.75) is 19.9 Å². The molecule has 1 heterocycles. The maximum Gasteiger partial charge on any atom is 0.230 e. The molecule has 4 nitrogen and oxygen atoms in total. The Labute approximate surface area is 108 Å². The SMILES string of the molecule is CCCn1ccnc1C(=O)c1cc(F)c(F)cc1N. The first-order valence-electron chi connectivity index (χ1n) is 5.85. The molecule has 0 fully saturated rings. The van der Waals surface area contributed by atoms with E-state index in [0.717, 1.165) is 18.6 Å². The predicted molar refractivity (Wildman–Crippen MR) is 66.7 cm³/mol. The van der Waals surface area contributed by atoms with Crippen molar-refractivity contribution in [1.29, 1.82) is 0 Å². The van der Waals surface area contributed by atoms with Crippen LogP contribution in [0.1, 0.15) is 29.5 Å². The second-order valence-corrected chi connectivity index (χ2v) is 4.13. The zero-order chi connectivity index (χ0) is 14.0. The third kappa shape index (κ3) is 2.47. The first-order valence-corrected chi connectivity index (χ1v) is 5.85. The lowest BCUT2D eigenvalue weighted by Crippen LogP contribution is -2.13. The number of hydrogen-bond donors (Lipinski definition) is 1. The van der Waals surface area contributed by atoms with Crippen LogP contribution < -0.4 is 5.73 Å². The molecule has 0 unspecified atom stereocenters. The van der Waals surface area contributed by atoms with Crippen LogP contribution in [0.5, 0.6) is 0 Å². The van der Waals surface area contributed by atoms with Gasteiger partial charge in [0, 0.05) is 30.7 Å². The summed E-state index contributed by atoms with van der Waals surface area (Å²) in [7, 11) is 0. The highest BCUT2D eigenvalue weighted by molar-refractivity contribution is 6.10. The van der Waals surface area contributed by atoms with Crippen LogP contribution in [0.15, 0.2) is 24.5 Å². The van der Waals surface area contributed by atoms with Gasteiger partial charge in [0.05, 0.1) is 5.56 Å². The lowest BCUT2D eigenvalue weighted by atomic mass is 10.1. The molecule has 2 aromatic rings. The summed E-state index contributed by atoms with van der Waals surface area (Å²) in [5.41, 5.74) is 5.37. The maximum absolute atomic E-state index is 13.2. The molecule has 0 saturated heterocycles. The second kappa shape index (κ2) is 5.17. The van der Waals surface area contributed by atoms with Crippen molar-refractivity contribution in [3.63, 3.8) is 0 Å². The molecule has 0 radical (unpaired) electrons. The molecule has 0 bridgehead atoms. The van der Waals surface area contributed by atoms with E-state index in [1.807, 2.05) is 6.92 Å². The van der Waals surface area contributed by atoms with Crippen LogP contribution in [-0.4, -0.2) is 15.3 Å². The Bertz CT molecular complexity index is 622. The summed E-state index contributed by atoms with van der Waals surface area (Å²) < 4.78 is 27.8. The van der Waals surface area contributed by atoms with E-state index in [2.05, 4.69) is 4.98 Å². The molecule has 1 aromatic carbocycles. The molecule has 19 heavy (non-hydrogen) atoms. The van der Waals surface area contributed by atoms with Crippen molar-refractivity contribution in [3.8, 4) is 0 Å². The number of aryl methyl sites for hydroxylation is 1. The van der Waals surface area contributed by atoms with Crippen molar-refractivity contribution in [1.82, 2.24) is 9.55 Å². The fourth-order valence-corrected chi connectivity index (χ4v) is 1.82. The zero-order valence-electron chi connectivity index (χ0n) is 10.4. The number of anilines is 1. The third-order valence-electron chi connectivity index (χ3n) is 2.72. The van der Waals surface area contributed by atoms with Gasteiger partial charge in [-0.25, -0.2) is 13.8 Å². The molecule has 0 saturated carbocycles. The van der Waals surface area contributed by atoms with Crippen LogP contribution in [0.2, 0.25) is 0 Å². The van der Waals surface area contributed by atoms with Gasteiger partial charge >= 0.3 is 0 Å². The van der Waals surface area contributed by atoms with Crippen LogP contribution in [0, 0.1) is 11.6 Å². The summed E-state index contributed by atoms with van der Waals surface area (Å²) in [6.07, 6.45) is 3.97. The Morgan fingerprint density at radius 3 is 2.74 bits per heavy atom. The minimum absolute atomic E-state index is 0.0811. The summed E-state index contributed by atoms with van der Waals surface area (Å²) in [6, 6.07) is 1.60. The summed E-state index contributed by atoms with van der Waals surface area (Å²) in [4.78, 5) is 16.2. The number of halogens is 2. The molecular formula is C13H13F2N3O. The Balaban J connectivity index is 2.44. The first-order chi connectivity index (χ1) is 9.04. The number of rotatable bonds is 4. The molecule has 0 spiro atoms. The fraction of sp³-hybridized carbons (Fsp3) is 0.231. The molecule has 0 amide bonds. The summed E-state index contributed by atoms with van der Waals surface area (Å²) in [5, 5.41) is 0. The van der Waals surface area contributed by atoms with Crippen LogP contribution in [0.4, 0.5) is 14.5 Å². The minimum atomic E-state index is -1.11. The van der Waals surface area contributed by atoms with E-state index in [0.29, 0.717) is 6.54 Å². The van der Waals surface area contributed by atoms with Gasteiger partial charge in [-0.15, -0.1) is 0 Å². The average molecular weight is 265 g/mol. The van der Waals surface area contributed by atoms with Crippen LogP contribution in [0.3, 0.4) is 0 Å². The lowest BCUT2D eigenvalue weighted by molar-refractivity contribution is 0.102. The van der Waals surface area contributed by atoms with E-state index >= 15 is 0 Å². The van der Waals surface area contributed by atoms with E-state index in [-0.39, 0.29) is 17.1 Å². The summed E-state index contributed by atoms with van der Waals surface area (Å²) >= 11 is 0. The summed E-state index contributed by atoms with van der Waals surface area (Å²) in [6.45, 7) is 2.57. The molecule has 0 aliphatic carbocycles. The highest BCUT2D eigenvalue weighted by Crippen LogP contribution is 2.20. The number of carbonyl (C=O) groups is 1. The van der Waals surface area contributed by atoms with Crippen molar-refractivity contribution in [3.05, 3.63) is 47.5 Å². The van der Waals surface area contributed by atoms with Gasteiger partial charge in [0.1, 0.15) is 0 Å². The number of hydrogen-bond acceptors (Lipinski definition) is 3. The quantitative estimate of drug-likeness (QED) is 0.682. The van der Waals surface area contributed by atoms with E-state index < -0.39 is 17.4 Å². The van der Waals surface area contributed by atoms with Crippen LogP contribution >= 0.6 is 0 Å². The third-order valence-corrected chi connectivity index (χ3v) is 2.72. The van der Waals surface area contributed by atoms with Crippen molar-refractivity contribution in [2.24, 2.45) is 0 Å². The number of aromatic nitrogens is 2. The minimum Gasteiger partial charge on any atom is -0.398 e. The molecule has 2 rings (SSSR count). The van der Waals surface area contributed by atoms with Crippen LogP contribution in [-0.2, 0) is 6.54 Å². The number of benzene rings is 1. The molecule has 100 valence electrons. The average Bonchev–Trinajstić information content (AvgIpc) is 2.82. The zero-order valence-corrected chi connectivity index (χ0v) is 10.4. The van der Waals surface area contributed by atoms with E-state index in [4.69, 9.17) is 5.73 Å². The van der Waals surface area contributed by atoms with Gasteiger partial charge in [0.25, 0.3) is 0 Å². The Morgan fingerprint density at radius 1 is 1.37 bits per heavy atom. The highest BCUT2D eigenvalue weighted by atomic mass is 19.2. The van der Waals surface area contributed by atoms with Gasteiger partial charge in [0.2, 0.25) is 5.78 Å². The molecule has 2 N–H and O–H groups in total. The van der Waals surface area contributed by atoms with Gasteiger partial charge in [-0.05, 0) is 12.5 Å². The number of nitrogen functional groups attached to an aromatic ring is 1. The van der Waals surface area contributed by atoms with E-state index in [1.54, 1.807) is 10.8 Å². The first kappa shape index (κ1) is 13.2. The standard InChI is InChI=1S/C13H13F2N3O/c1-2-4-18-5-3-17-13(18)12(19)8-6-9(14)10(15)7-11(8)16/h3,5-7H,2,4,16H2,1H3. The van der Waals surface area contributed by atoms with Gasteiger partial charge in [-0.2, -0.15) is 0 Å². The van der Waals surface area contributed by atoms with Gasteiger partial charge in [-0.3, -0.25) is 4.79 Å². The Morgan fingerprint density at radius 2 is 2.05 bits per heavy atom. The van der Waals surface area contributed by atoms with E-state index in [9.17, 15) is 13.6 Å². The smallest absolute Gasteiger partial charge is 0.230 e. The number of ketones is 1. The topological polar surface area (TPSA) is 60.9 Å². The molecule has 0 aliphatic heterocycles. The maximum atomic E-state index is 13.2. The van der Waals surface area contributed by atoms with Crippen molar-refractivity contribution in [2.75, 3.05) is 5.73 Å². The molecular weight excluding hydrogens is 252 g/mol. The monoisotopic (exact) mass is 265 g/mol. The van der Waals surface area contributed by atoms with E-state index in [1.165, 1.54) is 6.20 Å². The molecule has 1 aromatic heterocycles. The molecule has 0 atom stereocenters. The largest absolute Gasteiger partial charge is 0.398 e. The van der Waals surface area contributed by atoms with Crippen molar-refractivity contribution < 1.29 is 13.6 Å². The molecule has 6 heteroatoms. The van der Waals surface area contributed by atoms with Gasteiger partial charge in [-0.1, -0.05) is 6.92 Å². The summed E-state index contributed by atoms with van der Waals surface area (Å²) in [5.74, 6) is -2.54. The predicted octanol–water partition coefficient (Wildman–Crippen LogP) is 2.38. The molecule has 0 aliphatic rings.